The Morgan fingerprint density at radius 2 is 2.12 bits per heavy atom. The molecule has 0 aliphatic heterocycles. The van der Waals surface area contributed by atoms with Gasteiger partial charge in [0.25, 0.3) is 0 Å². The Hall–Kier alpha value is -0.540. The Morgan fingerprint density at radius 3 is 2.56 bits per heavy atom. The molecule has 0 bridgehead atoms. The van der Waals surface area contributed by atoms with Gasteiger partial charge in [-0.05, 0) is 41.5 Å². The van der Waals surface area contributed by atoms with E-state index in [0.29, 0.717) is 17.3 Å². The predicted octanol–water partition coefficient (Wildman–Crippen LogP) is 3.16. The molecule has 1 aromatic carbocycles. The van der Waals surface area contributed by atoms with Gasteiger partial charge in [-0.25, -0.2) is 0 Å². The third kappa shape index (κ3) is 1.76. The Bertz CT molecular complexity index is 403. The van der Waals surface area contributed by atoms with E-state index in [1.807, 2.05) is 12.1 Å². The molecule has 0 unspecified atom stereocenters. The molecule has 1 fully saturated rings. The van der Waals surface area contributed by atoms with Crippen LogP contribution >= 0.6 is 15.9 Å². The smallest absolute Gasteiger partial charge is 0.120 e. The maximum atomic E-state index is 5.80. The molecule has 2 rings (SSSR count). The fourth-order valence-electron chi connectivity index (χ4n) is 2.69. The molecule has 1 aliphatic carbocycles. The molecule has 16 heavy (non-hydrogen) atoms. The number of hydrogen-bond acceptors (Lipinski definition) is 2. The van der Waals surface area contributed by atoms with Crippen LogP contribution in [0, 0.1) is 11.3 Å². The summed E-state index contributed by atoms with van der Waals surface area (Å²) in [4.78, 5) is 0. The Labute approximate surface area is 105 Å². The monoisotopic (exact) mass is 283 g/mol. The molecule has 1 aromatic rings. The van der Waals surface area contributed by atoms with Gasteiger partial charge in [-0.3, -0.25) is 0 Å². The molecule has 0 radical (unpaired) electrons. The summed E-state index contributed by atoms with van der Waals surface area (Å²) in [6, 6.07) is 6.18. The van der Waals surface area contributed by atoms with Gasteiger partial charge in [-0.2, -0.15) is 0 Å². The molecule has 2 nitrogen and oxygen atoms in total. The molecule has 0 spiro atoms. The van der Waals surface area contributed by atoms with E-state index in [-0.39, 0.29) is 0 Å². The lowest BCUT2D eigenvalue weighted by atomic mass is 10.0. The number of ether oxygens (including phenoxy) is 1. The van der Waals surface area contributed by atoms with Crippen molar-refractivity contribution in [3.63, 3.8) is 0 Å². The second-order valence-electron chi connectivity index (χ2n) is 5.03. The normalized spacial score (nSPS) is 26.6. The van der Waals surface area contributed by atoms with E-state index in [2.05, 4.69) is 35.8 Å². The first-order valence-corrected chi connectivity index (χ1v) is 6.35. The first-order valence-electron chi connectivity index (χ1n) is 5.56. The van der Waals surface area contributed by atoms with E-state index in [4.69, 9.17) is 10.5 Å². The van der Waals surface area contributed by atoms with Gasteiger partial charge in [0.05, 0.1) is 7.11 Å². The number of halogens is 1. The van der Waals surface area contributed by atoms with Gasteiger partial charge in [0.1, 0.15) is 5.75 Å². The second-order valence-corrected chi connectivity index (χ2v) is 5.88. The van der Waals surface area contributed by atoms with Crippen LogP contribution in [-0.2, 0) is 0 Å². The van der Waals surface area contributed by atoms with E-state index >= 15 is 0 Å². The molecule has 2 atom stereocenters. The highest BCUT2D eigenvalue weighted by Crippen LogP contribution is 2.64. The lowest BCUT2D eigenvalue weighted by Gasteiger charge is -2.08. The SMILES string of the molecule is COc1ccc([C@@H]2[C@@H](CN)C2(C)C)c(Br)c1. The van der Waals surface area contributed by atoms with Crippen molar-refractivity contribution < 1.29 is 4.74 Å². The molecule has 0 aromatic heterocycles. The van der Waals surface area contributed by atoms with Crippen molar-refractivity contribution in [1.82, 2.24) is 0 Å². The fourth-order valence-corrected chi connectivity index (χ4v) is 3.29. The van der Waals surface area contributed by atoms with Crippen LogP contribution in [0.5, 0.6) is 5.75 Å². The predicted molar refractivity (Wildman–Crippen MR) is 69.8 cm³/mol. The van der Waals surface area contributed by atoms with Crippen LogP contribution in [0.15, 0.2) is 22.7 Å². The molecular weight excluding hydrogens is 266 g/mol. The molecule has 88 valence electrons. The van der Waals surface area contributed by atoms with Gasteiger partial charge in [-0.1, -0.05) is 35.8 Å². The summed E-state index contributed by atoms with van der Waals surface area (Å²) < 4.78 is 6.33. The summed E-state index contributed by atoms with van der Waals surface area (Å²) in [6.07, 6.45) is 0. The van der Waals surface area contributed by atoms with Crippen LogP contribution in [0.25, 0.3) is 0 Å². The van der Waals surface area contributed by atoms with Gasteiger partial charge < -0.3 is 10.5 Å². The van der Waals surface area contributed by atoms with E-state index < -0.39 is 0 Å². The summed E-state index contributed by atoms with van der Waals surface area (Å²) >= 11 is 3.62. The van der Waals surface area contributed by atoms with Crippen LogP contribution in [0.3, 0.4) is 0 Å². The van der Waals surface area contributed by atoms with Crippen molar-refractivity contribution in [2.75, 3.05) is 13.7 Å². The molecule has 2 N–H and O–H groups in total. The van der Waals surface area contributed by atoms with Gasteiger partial charge in [0.15, 0.2) is 0 Å². The highest BCUT2D eigenvalue weighted by Gasteiger charge is 2.57. The number of methoxy groups -OCH3 is 1. The Balaban J connectivity index is 2.30. The first kappa shape index (κ1) is 11.9. The zero-order chi connectivity index (χ0) is 11.9. The van der Waals surface area contributed by atoms with Gasteiger partial charge in [-0.15, -0.1) is 0 Å². The van der Waals surface area contributed by atoms with Crippen LogP contribution < -0.4 is 10.5 Å². The molecule has 1 aliphatic rings. The molecule has 0 amide bonds. The average molecular weight is 284 g/mol. The molecule has 3 heteroatoms. The largest absolute Gasteiger partial charge is 0.497 e. The second kappa shape index (κ2) is 4.04. The highest BCUT2D eigenvalue weighted by atomic mass is 79.9. The number of hydrogen-bond donors (Lipinski definition) is 1. The van der Waals surface area contributed by atoms with Gasteiger partial charge in [0.2, 0.25) is 0 Å². The summed E-state index contributed by atoms with van der Waals surface area (Å²) in [5.41, 5.74) is 7.48. The minimum Gasteiger partial charge on any atom is -0.497 e. The molecule has 1 saturated carbocycles. The highest BCUT2D eigenvalue weighted by molar-refractivity contribution is 9.10. The quantitative estimate of drug-likeness (QED) is 0.925. The zero-order valence-corrected chi connectivity index (χ0v) is 11.5. The van der Waals surface area contributed by atoms with Crippen molar-refractivity contribution in [1.29, 1.82) is 0 Å². The van der Waals surface area contributed by atoms with Gasteiger partial charge in [0, 0.05) is 4.47 Å². The van der Waals surface area contributed by atoms with Crippen molar-refractivity contribution in [3.8, 4) is 5.75 Å². The fraction of sp³-hybridized carbons (Fsp3) is 0.538. The summed E-state index contributed by atoms with van der Waals surface area (Å²) in [6.45, 7) is 5.33. The maximum Gasteiger partial charge on any atom is 0.120 e. The summed E-state index contributed by atoms with van der Waals surface area (Å²) in [5, 5.41) is 0. The summed E-state index contributed by atoms with van der Waals surface area (Å²) in [7, 11) is 1.69. The van der Waals surface area contributed by atoms with Crippen LogP contribution in [0.2, 0.25) is 0 Å². The lowest BCUT2D eigenvalue weighted by molar-refractivity contribution is 0.414. The summed E-state index contributed by atoms with van der Waals surface area (Å²) in [5.74, 6) is 2.05. The first-order chi connectivity index (χ1) is 7.52. The van der Waals surface area contributed by atoms with E-state index in [9.17, 15) is 0 Å². The molecule has 0 heterocycles. The maximum absolute atomic E-state index is 5.80. The van der Waals surface area contributed by atoms with Crippen LogP contribution in [0.1, 0.15) is 25.3 Å². The number of benzene rings is 1. The van der Waals surface area contributed by atoms with Crippen molar-refractivity contribution >= 4 is 15.9 Å². The van der Waals surface area contributed by atoms with E-state index in [1.165, 1.54) is 5.56 Å². The molecule has 0 saturated heterocycles. The third-order valence-electron chi connectivity index (χ3n) is 3.85. The minimum absolute atomic E-state index is 0.325. The van der Waals surface area contributed by atoms with Crippen molar-refractivity contribution in [2.24, 2.45) is 17.1 Å². The molecular formula is C13H18BrNO. The Morgan fingerprint density at radius 1 is 1.44 bits per heavy atom. The lowest BCUT2D eigenvalue weighted by Crippen LogP contribution is -2.05. The number of nitrogens with two attached hydrogens (primary N) is 1. The van der Waals surface area contributed by atoms with Crippen LogP contribution in [-0.4, -0.2) is 13.7 Å². The zero-order valence-electron chi connectivity index (χ0n) is 9.96. The minimum atomic E-state index is 0.325. The number of rotatable bonds is 3. The van der Waals surface area contributed by atoms with Crippen LogP contribution in [0.4, 0.5) is 0 Å². The van der Waals surface area contributed by atoms with Crippen molar-refractivity contribution in [3.05, 3.63) is 28.2 Å². The van der Waals surface area contributed by atoms with Crippen molar-refractivity contribution in [2.45, 2.75) is 19.8 Å². The topological polar surface area (TPSA) is 35.2 Å². The van der Waals surface area contributed by atoms with Gasteiger partial charge >= 0.3 is 0 Å². The standard InChI is InChI=1S/C13H18BrNO/c1-13(2)10(7-15)12(13)9-5-4-8(16-3)6-11(9)14/h4-6,10,12H,7,15H2,1-3H3/t10-,12-/m1/s1. The third-order valence-corrected chi connectivity index (χ3v) is 4.53. The average Bonchev–Trinajstić information content (AvgIpc) is 2.80. The van der Waals surface area contributed by atoms with E-state index in [1.54, 1.807) is 7.11 Å². The van der Waals surface area contributed by atoms with E-state index in [0.717, 1.165) is 16.8 Å². The Kier molecular flexibility index (Phi) is 3.01.